The first-order valence-corrected chi connectivity index (χ1v) is 7.46. The van der Waals surface area contributed by atoms with Crippen LogP contribution in [0.1, 0.15) is 16.7 Å². The molecule has 110 valence electrons. The molecule has 1 aliphatic heterocycles. The van der Waals surface area contributed by atoms with Crippen molar-refractivity contribution in [1.29, 1.82) is 0 Å². The normalized spacial score (nSPS) is 16.3. The molecular formula is C18H16N2OS. The number of thiocarbonyl (C=S) groups is 1. The topological polar surface area (TPSA) is 32.3 Å². The minimum atomic E-state index is -0.130. The quantitative estimate of drug-likeness (QED) is 0.680. The van der Waals surface area contributed by atoms with Crippen LogP contribution in [-0.2, 0) is 4.79 Å². The highest BCUT2D eigenvalue weighted by molar-refractivity contribution is 7.80. The first-order chi connectivity index (χ1) is 10.6. The number of benzene rings is 2. The highest BCUT2D eigenvalue weighted by Gasteiger charge is 2.31. The first kappa shape index (κ1) is 14.5. The molecule has 3 rings (SSSR count). The predicted octanol–water partition coefficient (Wildman–Crippen LogP) is 3.57. The van der Waals surface area contributed by atoms with E-state index in [1.165, 1.54) is 16.0 Å². The van der Waals surface area contributed by atoms with Gasteiger partial charge in [-0.3, -0.25) is 9.69 Å². The Hall–Kier alpha value is -2.46. The number of carbonyl (C=O) groups is 1. The van der Waals surface area contributed by atoms with Gasteiger partial charge in [0, 0.05) is 0 Å². The van der Waals surface area contributed by atoms with Gasteiger partial charge in [0.2, 0.25) is 0 Å². The van der Waals surface area contributed by atoms with E-state index in [2.05, 4.69) is 31.3 Å². The van der Waals surface area contributed by atoms with E-state index >= 15 is 0 Å². The molecule has 0 atom stereocenters. The Kier molecular flexibility index (Phi) is 3.77. The molecule has 0 saturated carbocycles. The number of hydrogen-bond acceptors (Lipinski definition) is 2. The van der Waals surface area contributed by atoms with Crippen molar-refractivity contribution >= 4 is 35.0 Å². The summed E-state index contributed by atoms with van der Waals surface area (Å²) in [6.45, 7) is 4.12. The van der Waals surface area contributed by atoms with Crippen LogP contribution in [0.5, 0.6) is 0 Å². The Labute approximate surface area is 135 Å². The Morgan fingerprint density at radius 2 is 1.77 bits per heavy atom. The number of carbonyl (C=O) groups excluding carboxylic acids is 1. The molecule has 0 unspecified atom stereocenters. The fourth-order valence-corrected chi connectivity index (χ4v) is 2.67. The van der Waals surface area contributed by atoms with Crippen molar-refractivity contribution in [2.24, 2.45) is 0 Å². The summed E-state index contributed by atoms with van der Waals surface area (Å²) < 4.78 is 0. The number of anilines is 1. The van der Waals surface area contributed by atoms with Gasteiger partial charge >= 0.3 is 0 Å². The van der Waals surface area contributed by atoms with Gasteiger partial charge in [-0.25, -0.2) is 0 Å². The van der Waals surface area contributed by atoms with Crippen molar-refractivity contribution in [3.63, 3.8) is 0 Å². The highest BCUT2D eigenvalue weighted by atomic mass is 32.1. The number of rotatable bonds is 2. The van der Waals surface area contributed by atoms with Gasteiger partial charge in [0.15, 0.2) is 5.11 Å². The summed E-state index contributed by atoms with van der Waals surface area (Å²) in [5, 5.41) is 3.41. The number of nitrogens with zero attached hydrogens (tertiary/aromatic N) is 1. The molecule has 0 aromatic heterocycles. The molecule has 3 nitrogen and oxygen atoms in total. The highest BCUT2D eigenvalue weighted by Crippen LogP contribution is 2.22. The van der Waals surface area contributed by atoms with Gasteiger partial charge in [-0.15, -0.1) is 0 Å². The smallest absolute Gasteiger partial charge is 0.281 e. The van der Waals surface area contributed by atoms with E-state index in [0.29, 0.717) is 10.8 Å². The Bertz CT molecular complexity index is 781. The van der Waals surface area contributed by atoms with E-state index in [9.17, 15) is 4.79 Å². The zero-order chi connectivity index (χ0) is 15.7. The van der Waals surface area contributed by atoms with Gasteiger partial charge in [-0.1, -0.05) is 36.4 Å². The van der Waals surface area contributed by atoms with Crippen LogP contribution >= 0.6 is 12.2 Å². The average Bonchev–Trinajstić information content (AvgIpc) is 2.78. The molecule has 2 aromatic carbocycles. The lowest BCUT2D eigenvalue weighted by Crippen LogP contribution is -2.30. The second-order valence-corrected chi connectivity index (χ2v) is 5.69. The van der Waals surface area contributed by atoms with Crippen molar-refractivity contribution in [3.8, 4) is 0 Å². The molecule has 0 spiro atoms. The standard InChI is InChI=1S/C18H16N2OS/c1-12-8-9-14(10-13(12)2)11-16-17(21)20(18(22)19-16)15-6-4-3-5-7-15/h3-11H,1-2H3,(H,19,22)/b16-11-. The lowest BCUT2D eigenvalue weighted by atomic mass is 10.1. The zero-order valence-corrected chi connectivity index (χ0v) is 13.3. The second-order valence-electron chi connectivity index (χ2n) is 5.31. The second kappa shape index (κ2) is 5.73. The van der Waals surface area contributed by atoms with Crippen LogP contribution in [0.15, 0.2) is 54.2 Å². The molecule has 0 aliphatic carbocycles. The van der Waals surface area contributed by atoms with Crippen molar-refractivity contribution in [2.75, 3.05) is 4.90 Å². The molecule has 2 aromatic rings. The predicted molar refractivity (Wildman–Crippen MR) is 93.6 cm³/mol. The molecule has 1 saturated heterocycles. The van der Waals surface area contributed by atoms with Crippen LogP contribution in [0.4, 0.5) is 5.69 Å². The third-order valence-electron chi connectivity index (χ3n) is 3.73. The fourth-order valence-electron chi connectivity index (χ4n) is 2.37. The molecule has 1 heterocycles. The monoisotopic (exact) mass is 308 g/mol. The van der Waals surface area contributed by atoms with Gasteiger partial charge in [0.25, 0.3) is 5.91 Å². The van der Waals surface area contributed by atoms with Crippen molar-refractivity contribution in [1.82, 2.24) is 5.32 Å². The number of hydrogen-bond donors (Lipinski definition) is 1. The summed E-state index contributed by atoms with van der Waals surface area (Å²) in [6.07, 6.45) is 1.84. The Morgan fingerprint density at radius 1 is 1.05 bits per heavy atom. The van der Waals surface area contributed by atoms with Crippen molar-refractivity contribution in [2.45, 2.75) is 13.8 Å². The molecule has 22 heavy (non-hydrogen) atoms. The molecule has 1 aliphatic rings. The third-order valence-corrected chi connectivity index (χ3v) is 4.02. The average molecular weight is 308 g/mol. The molecule has 1 amide bonds. The van der Waals surface area contributed by atoms with Crippen molar-refractivity contribution < 1.29 is 4.79 Å². The zero-order valence-electron chi connectivity index (χ0n) is 12.5. The van der Waals surface area contributed by atoms with E-state index in [4.69, 9.17) is 12.2 Å². The number of nitrogens with one attached hydrogen (secondary N) is 1. The molecule has 1 N–H and O–H groups in total. The summed E-state index contributed by atoms with van der Waals surface area (Å²) >= 11 is 5.29. The Morgan fingerprint density at radius 3 is 2.45 bits per heavy atom. The van der Waals surface area contributed by atoms with Gasteiger partial charge in [0.1, 0.15) is 5.70 Å². The maximum Gasteiger partial charge on any atom is 0.281 e. The summed E-state index contributed by atoms with van der Waals surface area (Å²) in [5.41, 5.74) is 4.68. The van der Waals surface area contributed by atoms with Crippen LogP contribution in [0.25, 0.3) is 6.08 Å². The maximum absolute atomic E-state index is 12.6. The van der Waals surface area contributed by atoms with Crippen LogP contribution in [-0.4, -0.2) is 11.0 Å². The van der Waals surface area contributed by atoms with Gasteiger partial charge in [-0.05, 0) is 61.0 Å². The van der Waals surface area contributed by atoms with E-state index in [1.807, 2.05) is 42.5 Å². The molecule has 1 fully saturated rings. The number of aryl methyl sites for hydroxylation is 2. The molecule has 0 radical (unpaired) electrons. The van der Waals surface area contributed by atoms with Crippen molar-refractivity contribution in [3.05, 3.63) is 70.9 Å². The largest absolute Gasteiger partial charge is 0.327 e. The summed E-state index contributed by atoms with van der Waals surface area (Å²) in [4.78, 5) is 14.1. The summed E-state index contributed by atoms with van der Waals surface area (Å²) in [5.74, 6) is -0.130. The first-order valence-electron chi connectivity index (χ1n) is 7.06. The maximum atomic E-state index is 12.6. The third kappa shape index (κ3) is 2.65. The van der Waals surface area contributed by atoms with E-state index in [0.717, 1.165) is 11.3 Å². The van der Waals surface area contributed by atoms with Crippen LogP contribution in [0.2, 0.25) is 0 Å². The minimum absolute atomic E-state index is 0.130. The van der Waals surface area contributed by atoms with E-state index < -0.39 is 0 Å². The lowest BCUT2D eigenvalue weighted by molar-refractivity contribution is -0.113. The lowest BCUT2D eigenvalue weighted by Gasteiger charge is -2.13. The van der Waals surface area contributed by atoms with Crippen LogP contribution in [0.3, 0.4) is 0 Å². The van der Waals surface area contributed by atoms with Crippen LogP contribution < -0.4 is 10.2 Å². The van der Waals surface area contributed by atoms with Crippen LogP contribution in [0, 0.1) is 13.8 Å². The minimum Gasteiger partial charge on any atom is -0.327 e. The molecule has 0 bridgehead atoms. The molecular weight excluding hydrogens is 292 g/mol. The number of amides is 1. The molecule has 4 heteroatoms. The fraction of sp³-hybridized carbons (Fsp3) is 0.111. The SMILES string of the molecule is Cc1ccc(/C=C2\NC(=S)N(c3ccccc3)C2=O)cc1C. The summed E-state index contributed by atoms with van der Waals surface area (Å²) in [7, 11) is 0. The summed E-state index contributed by atoms with van der Waals surface area (Å²) in [6, 6.07) is 15.5. The van der Waals surface area contributed by atoms with Gasteiger partial charge in [-0.2, -0.15) is 0 Å². The van der Waals surface area contributed by atoms with Gasteiger partial charge < -0.3 is 5.32 Å². The van der Waals surface area contributed by atoms with E-state index in [1.54, 1.807) is 0 Å². The van der Waals surface area contributed by atoms with E-state index in [-0.39, 0.29) is 5.91 Å². The van der Waals surface area contributed by atoms with Gasteiger partial charge in [0.05, 0.1) is 5.69 Å². The number of para-hydroxylation sites is 1. The Balaban J connectivity index is 1.93.